The van der Waals surface area contributed by atoms with Crippen LogP contribution in [0.4, 0.5) is 0 Å². The number of aromatic nitrogens is 3. The molecule has 8 heteroatoms. The Morgan fingerprint density at radius 1 is 1.33 bits per heavy atom. The van der Waals surface area contributed by atoms with Crippen LogP contribution in [0.25, 0.3) is 11.4 Å². The zero-order valence-electron chi connectivity index (χ0n) is 11.9. The number of benzene rings is 1. The quantitative estimate of drug-likeness (QED) is 0.686. The van der Waals surface area contributed by atoms with Crippen LogP contribution in [-0.2, 0) is 4.79 Å². The fraction of sp³-hybridized carbons (Fsp3) is 0.308. The van der Waals surface area contributed by atoms with Crippen LogP contribution in [0.15, 0.2) is 29.4 Å². The van der Waals surface area contributed by atoms with E-state index in [-0.39, 0.29) is 11.2 Å². The van der Waals surface area contributed by atoms with Crippen molar-refractivity contribution >= 4 is 29.3 Å². The highest BCUT2D eigenvalue weighted by atomic mass is 35.5. The Morgan fingerprint density at radius 3 is 2.52 bits per heavy atom. The molecule has 0 aliphatic rings. The Bertz CT molecular complexity index is 641. The Hall–Kier alpha value is -1.73. The molecule has 1 heterocycles. The summed E-state index contributed by atoms with van der Waals surface area (Å²) in [5, 5.41) is 8.96. The summed E-state index contributed by atoms with van der Waals surface area (Å²) in [6.45, 7) is 1.81. The molecule has 0 unspecified atom stereocenters. The third kappa shape index (κ3) is 3.48. The van der Waals surface area contributed by atoms with E-state index in [0.29, 0.717) is 16.0 Å². The molecule has 1 amide bonds. The molecule has 6 nitrogen and oxygen atoms in total. The van der Waals surface area contributed by atoms with Crippen LogP contribution >= 0.6 is 23.4 Å². The summed E-state index contributed by atoms with van der Waals surface area (Å²) in [5.41, 5.74) is 0.813. The third-order valence-electron chi connectivity index (χ3n) is 2.84. The second-order valence-electron chi connectivity index (χ2n) is 4.68. The van der Waals surface area contributed by atoms with Crippen LogP contribution in [0.5, 0.6) is 0 Å². The summed E-state index contributed by atoms with van der Waals surface area (Å²) in [6.07, 6.45) is 0. The van der Waals surface area contributed by atoms with Gasteiger partial charge < -0.3 is 10.7 Å². The Kier molecular flexibility index (Phi) is 4.74. The second-order valence-corrected chi connectivity index (χ2v) is 6.42. The van der Waals surface area contributed by atoms with E-state index < -0.39 is 0 Å². The molecule has 0 saturated carbocycles. The fourth-order valence-electron chi connectivity index (χ4n) is 1.73. The van der Waals surface area contributed by atoms with Crippen molar-refractivity contribution < 1.29 is 4.79 Å². The molecule has 0 radical (unpaired) electrons. The summed E-state index contributed by atoms with van der Waals surface area (Å²) in [6, 6.07) is 7.16. The van der Waals surface area contributed by atoms with E-state index in [1.165, 1.54) is 21.3 Å². The van der Waals surface area contributed by atoms with Gasteiger partial charge in [0, 0.05) is 24.7 Å². The van der Waals surface area contributed by atoms with Gasteiger partial charge >= 0.3 is 0 Å². The lowest BCUT2D eigenvalue weighted by Gasteiger charge is -2.15. The third-order valence-corrected chi connectivity index (χ3v) is 4.13. The summed E-state index contributed by atoms with van der Waals surface area (Å²) < 4.78 is 1.38. The molecular formula is C13H16ClN5OS. The van der Waals surface area contributed by atoms with Gasteiger partial charge in [-0.1, -0.05) is 23.4 Å². The number of rotatable bonds is 4. The molecule has 1 atom stereocenters. The molecule has 0 aliphatic heterocycles. The Balaban J connectivity index is 2.21. The van der Waals surface area contributed by atoms with Gasteiger partial charge in [-0.2, -0.15) is 0 Å². The van der Waals surface area contributed by atoms with Crippen molar-refractivity contribution in [1.29, 1.82) is 0 Å². The van der Waals surface area contributed by atoms with Crippen molar-refractivity contribution in [1.82, 2.24) is 19.8 Å². The zero-order chi connectivity index (χ0) is 15.6. The molecule has 2 aromatic rings. The topological polar surface area (TPSA) is 77.0 Å². The first-order valence-electron chi connectivity index (χ1n) is 6.24. The number of hydrogen-bond donors (Lipinski definition) is 1. The minimum Gasteiger partial charge on any atom is -0.348 e. The lowest BCUT2D eigenvalue weighted by molar-refractivity contribution is -0.127. The molecule has 1 aromatic heterocycles. The first-order valence-corrected chi connectivity index (χ1v) is 7.50. The van der Waals surface area contributed by atoms with Crippen LogP contribution in [0.2, 0.25) is 5.02 Å². The maximum absolute atomic E-state index is 11.9. The molecule has 2 N–H and O–H groups in total. The van der Waals surface area contributed by atoms with E-state index in [9.17, 15) is 4.79 Å². The number of amides is 1. The minimum atomic E-state index is -0.287. The van der Waals surface area contributed by atoms with Gasteiger partial charge in [0.05, 0.1) is 5.25 Å². The number of thioether (sulfide) groups is 1. The van der Waals surface area contributed by atoms with Gasteiger partial charge in [-0.3, -0.25) is 4.79 Å². The highest BCUT2D eigenvalue weighted by Gasteiger charge is 2.20. The average Bonchev–Trinajstić information content (AvgIpc) is 2.80. The Labute approximate surface area is 132 Å². The van der Waals surface area contributed by atoms with Crippen molar-refractivity contribution in [2.24, 2.45) is 0 Å². The Morgan fingerprint density at radius 2 is 1.95 bits per heavy atom. The summed E-state index contributed by atoms with van der Waals surface area (Å²) in [4.78, 5) is 13.4. The number of carbonyl (C=O) groups excluding carboxylic acids is 1. The predicted octanol–water partition coefficient (Wildman–Crippen LogP) is 1.88. The second kappa shape index (κ2) is 6.36. The number of nitrogen functional groups attached to an aromatic ring is 1. The highest BCUT2D eigenvalue weighted by molar-refractivity contribution is 8.00. The van der Waals surface area contributed by atoms with Crippen LogP contribution in [0.3, 0.4) is 0 Å². The number of halogens is 1. The monoisotopic (exact) mass is 325 g/mol. The van der Waals surface area contributed by atoms with Crippen molar-refractivity contribution in [3.63, 3.8) is 0 Å². The molecule has 21 heavy (non-hydrogen) atoms. The lowest BCUT2D eigenvalue weighted by atomic mass is 10.2. The van der Waals surface area contributed by atoms with E-state index in [1.807, 2.05) is 19.1 Å². The van der Waals surface area contributed by atoms with Gasteiger partial charge in [0.25, 0.3) is 0 Å². The molecular weight excluding hydrogens is 310 g/mol. The molecule has 2 rings (SSSR count). The minimum absolute atomic E-state index is 0.00366. The summed E-state index contributed by atoms with van der Waals surface area (Å²) >= 11 is 7.13. The van der Waals surface area contributed by atoms with E-state index >= 15 is 0 Å². The molecule has 0 aliphatic carbocycles. The fourth-order valence-corrected chi connectivity index (χ4v) is 2.77. The van der Waals surface area contributed by atoms with Gasteiger partial charge in [-0.15, -0.1) is 10.2 Å². The van der Waals surface area contributed by atoms with Crippen molar-refractivity contribution in [2.75, 3.05) is 19.9 Å². The number of nitrogens with two attached hydrogens (primary N) is 1. The molecule has 0 bridgehead atoms. The van der Waals surface area contributed by atoms with E-state index in [0.717, 1.165) is 5.56 Å². The lowest BCUT2D eigenvalue weighted by Crippen LogP contribution is -2.30. The maximum atomic E-state index is 11.9. The summed E-state index contributed by atoms with van der Waals surface area (Å²) in [5.74, 6) is 6.53. The number of carbonyl (C=O) groups is 1. The standard InChI is InChI=1S/C13H16ClN5OS/c1-8(12(20)18(2)3)21-13-17-16-11(19(13)15)9-4-6-10(14)7-5-9/h4-8H,15H2,1-3H3/t8-/m0/s1. The average molecular weight is 326 g/mol. The number of nitrogens with zero attached hydrogens (tertiary/aromatic N) is 4. The molecule has 0 spiro atoms. The van der Waals surface area contributed by atoms with Gasteiger partial charge in [0.1, 0.15) is 0 Å². The van der Waals surface area contributed by atoms with Crippen LogP contribution in [-0.4, -0.2) is 45.0 Å². The maximum Gasteiger partial charge on any atom is 0.235 e. The van der Waals surface area contributed by atoms with Crippen LogP contribution in [0.1, 0.15) is 6.92 Å². The van der Waals surface area contributed by atoms with Crippen molar-refractivity contribution in [3.8, 4) is 11.4 Å². The SMILES string of the molecule is C[C@H](Sc1nnc(-c2ccc(Cl)cc2)n1N)C(=O)N(C)C. The van der Waals surface area contributed by atoms with Gasteiger partial charge in [-0.05, 0) is 31.2 Å². The molecule has 1 aromatic carbocycles. The van der Waals surface area contributed by atoms with E-state index in [4.69, 9.17) is 17.4 Å². The highest BCUT2D eigenvalue weighted by Crippen LogP contribution is 2.25. The normalized spacial score (nSPS) is 12.2. The van der Waals surface area contributed by atoms with Gasteiger partial charge in [0.15, 0.2) is 5.82 Å². The molecule has 0 saturated heterocycles. The number of hydrogen-bond acceptors (Lipinski definition) is 5. The first kappa shape index (κ1) is 15.7. The zero-order valence-corrected chi connectivity index (χ0v) is 13.5. The predicted molar refractivity (Wildman–Crippen MR) is 84.6 cm³/mol. The van der Waals surface area contributed by atoms with Crippen LogP contribution < -0.4 is 5.84 Å². The van der Waals surface area contributed by atoms with E-state index in [1.54, 1.807) is 26.2 Å². The smallest absolute Gasteiger partial charge is 0.235 e. The summed E-state index contributed by atoms with van der Waals surface area (Å²) in [7, 11) is 3.43. The van der Waals surface area contributed by atoms with Crippen molar-refractivity contribution in [2.45, 2.75) is 17.3 Å². The largest absolute Gasteiger partial charge is 0.348 e. The van der Waals surface area contributed by atoms with Gasteiger partial charge in [0.2, 0.25) is 11.1 Å². The van der Waals surface area contributed by atoms with Crippen LogP contribution in [0, 0.1) is 0 Å². The molecule has 0 fully saturated rings. The first-order chi connectivity index (χ1) is 9.90. The molecule has 112 valence electrons. The van der Waals surface area contributed by atoms with E-state index in [2.05, 4.69) is 10.2 Å². The van der Waals surface area contributed by atoms with Crippen molar-refractivity contribution in [3.05, 3.63) is 29.3 Å². The van der Waals surface area contributed by atoms with Gasteiger partial charge in [-0.25, -0.2) is 4.68 Å².